The van der Waals surface area contributed by atoms with E-state index in [0.717, 1.165) is 24.8 Å². The molecule has 3 rings (SSSR count). The number of hydrogen-bond donors (Lipinski definition) is 3. The highest BCUT2D eigenvalue weighted by atomic mass is 16.5. The third-order valence-electron chi connectivity index (χ3n) is 4.82. The molecule has 0 bridgehead atoms. The summed E-state index contributed by atoms with van der Waals surface area (Å²) < 4.78 is 5.48. The summed E-state index contributed by atoms with van der Waals surface area (Å²) in [6.45, 7) is 0.405. The van der Waals surface area contributed by atoms with Gasteiger partial charge in [-0.3, -0.25) is 9.59 Å². The Balaban J connectivity index is 1.68. The van der Waals surface area contributed by atoms with Gasteiger partial charge in [0.15, 0.2) is 6.10 Å². The van der Waals surface area contributed by atoms with Crippen molar-refractivity contribution in [3.8, 4) is 0 Å². The van der Waals surface area contributed by atoms with E-state index in [1.54, 1.807) is 0 Å². The zero-order chi connectivity index (χ0) is 16.3. The van der Waals surface area contributed by atoms with Gasteiger partial charge in [-0.05, 0) is 18.4 Å². The number of amides is 2. The molecule has 3 N–H and O–H groups in total. The zero-order valence-electron chi connectivity index (χ0n) is 13.0. The van der Waals surface area contributed by atoms with Crippen molar-refractivity contribution >= 4 is 11.8 Å². The van der Waals surface area contributed by atoms with Crippen molar-refractivity contribution in [2.75, 3.05) is 19.8 Å². The van der Waals surface area contributed by atoms with Crippen LogP contribution in [0.3, 0.4) is 0 Å². The molecule has 1 saturated heterocycles. The lowest BCUT2D eigenvalue weighted by Gasteiger charge is -2.41. The van der Waals surface area contributed by atoms with Gasteiger partial charge >= 0.3 is 0 Å². The Morgan fingerprint density at radius 1 is 1.35 bits per heavy atom. The van der Waals surface area contributed by atoms with Crippen LogP contribution in [0.1, 0.15) is 30.9 Å². The van der Waals surface area contributed by atoms with Gasteiger partial charge < -0.3 is 20.5 Å². The first-order valence-electron chi connectivity index (χ1n) is 7.98. The van der Waals surface area contributed by atoms with Crippen molar-refractivity contribution < 1.29 is 19.4 Å². The van der Waals surface area contributed by atoms with E-state index in [9.17, 15) is 14.7 Å². The Morgan fingerprint density at radius 3 is 2.70 bits per heavy atom. The molecule has 0 radical (unpaired) electrons. The van der Waals surface area contributed by atoms with Gasteiger partial charge in [0.25, 0.3) is 5.91 Å². The first kappa shape index (κ1) is 16.0. The second-order valence-electron chi connectivity index (χ2n) is 6.42. The minimum absolute atomic E-state index is 0.0810. The first-order valence-corrected chi connectivity index (χ1v) is 7.98. The van der Waals surface area contributed by atoms with E-state index in [0.29, 0.717) is 6.54 Å². The predicted molar refractivity (Wildman–Crippen MR) is 83.4 cm³/mol. The van der Waals surface area contributed by atoms with Crippen LogP contribution in [-0.4, -0.2) is 42.8 Å². The van der Waals surface area contributed by atoms with Crippen molar-refractivity contribution in [1.29, 1.82) is 0 Å². The Bertz CT molecular complexity index is 566. The van der Waals surface area contributed by atoms with Crippen LogP contribution in [0.5, 0.6) is 0 Å². The number of carbonyl (C=O) groups is 2. The summed E-state index contributed by atoms with van der Waals surface area (Å²) in [6, 6.07) is 8.83. The molecular weight excluding hydrogens is 296 g/mol. The summed E-state index contributed by atoms with van der Waals surface area (Å²) in [7, 11) is 0. The first-order chi connectivity index (χ1) is 11.1. The Kier molecular flexibility index (Phi) is 4.63. The van der Waals surface area contributed by atoms with Gasteiger partial charge in [0.05, 0.1) is 12.6 Å². The standard InChI is InChI=1S/C17H22N2O4/c20-11-17(7-4-8-17)10-18-16(22)15-14(19-13(21)9-23-15)12-5-2-1-3-6-12/h1-3,5-6,14-15,20H,4,7-11H2,(H,18,22)(H,19,21)/t14-,15+/m1/s1. The number of carbonyl (C=O) groups excluding carboxylic acids is 2. The van der Waals surface area contributed by atoms with Crippen molar-refractivity contribution in [1.82, 2.24) is 10.6 Å². The normalized spacial score (nSPS) is 26.0. The minimum atomic E-state index is -0.758. The lowest BCUT2D eigenvalue weighted by atomic mass is 9.69. The lowest BCUT2D eigenvalue weighted by Crippen LogP contribution is -2.54. The maximum atomic E-state index is 12.5. The number of hydrogen-bond acceptors (Lipinski definition) is 4. The molecule has 2 aliphatic rings. The van der Waals surface area contributed by atoms with Gasteiger partial charge in [-0.1, -0.05) is 36.8 Å². The van der Waals surface area contributed by atoms with Gasteiger partial charge in [-0.25, -0.2) is 0 Å². The molecule has 2 atom stereocenters. The van der Waals surface area contributed by atoms with Gasteiger partial charge in [0.2, 0.25) is 5.91 Å². The molecule has 1 aliphatic carbocycles. The Morgan fingerprint density at radius 2 is 2.09 bits per heavy atom. The van der Waals surface area contributed by atoms with E-state index in [1.807, 2.05) is 30.3 Å². The van der Waals surface area contributed by atoms with Gasteiger partial charge in [0.1, 0.15) is 6.61 Å². The number of aliphatic hydroxyl groups is 1. The molecule has 23 heavy (non-hydrogen) atoms. The number of ether oxygens (including phenoxy) is 1. The van der Waals surface area contributed by atoms with Crippen molar-refractivity contribution in [3.63, 3.8) is 0 Å². The van der Waals surface area contributed by atoms with Gasteiger partial charge in [-0.2, -0.15) is 0 Å². The average Bonchev–Trinajstić information content (AvgIpc) is 2.55. The SMILES string of the molecule is O=C1CO[C@H](C(=O)NCC2(CO)CCC2)[C@@H](c2ccccc2)N1. The van der Waals surface area contributed by atoms with E-state index in [2.05, 4.69) is 10.6 Å². The number of rotatable bonds is 5. The van der Waals surface area contributed by atoms with Gasteiger partial charge in [-0.15, -0.1) is 0 Å². The second-order valence-corrected chi connectivity index (χ2v) is 6.42. The van der Waals surface area contributed by atoms with Crippen molar-refractivity contribution in [2.45, 2.75) is 31.4 Å². The fourth-order valence-corrected chi connectivity index (χ4v) is 3.14. The second kappa shape index (κ2) is 6.68. The molecule has 1 aromatic rings. The molecule has 2 fully saturated rings. The lowest BCUT2D eigenvalue weighted by molar-refractivity contribution is -0.148. The fourth-order valence-electron chi connectivity index (χ4n) is 3.14. The summed E-state index contributed by atoms with van der Waals surface area (Å²) in [4.78, 5) is 24.2. The Labute approximate surface area is 135 Å². The van der Waals surface area contributed by atoms with E-state index in [-0.39, 0.29) is 30.4 Å². The molecule has 1 aromatic carbocycles. The van der Waals surface area contributed by atoms with E-state index >= 15 is 0 Å². The Hall–Kier alpha value is -1.92. The molecule has 6 nitrogen and oxygen atoms in total. The summed E-state index contributed by atoms with van der Waals surface area (Å²) in [5.41, 5.74) is 0.650. The molecule has 0 spiro atoms. The van der Waals surface area contributed by atoms with Crippen LogP contribution in [-0.2, 0) is 14.3 Å². The van der Waals surface area contributed by atoms with E-state index in [4.69, 9.17) is 4.74 Å². The molecule has 0 aromatic heterocycles. The smallest absolute Gasteiger partial charge is 0.251 e. The third kappa shape index (κ3) is 3.38. The molecule has 124 valence electrons. The predicted octanol–water partition coefficient (Wildman–Crippen LogP) is 0.521. The highest BCUT2D eigenvalue weighted by Gasteiger charge is 2.39. The summed E-state index contributed by atoms with van der Waals surface area (Å²) in [5.74, 6) is -0.479. The van der Waals surface area contributed by atoms with Crippen LogP contribution in [0.2, 0.25) is 0 Å². The van der Waals surface area contributed by atoms with Crippen LogP contribution >= 0.6 is 0 Å². The molecule has 2 amide bonds. The van der Waals surface area contributed by atoms with Crippen LogP contribution in [0.4, 0.5) is 0 Å². The topological polar surface area (TPSA) is 87.7 Å². The summed E-state index contributed by atoms with van der Waals surface area (Å²) in [6.07, 6.45) is 2.17. The average molecular weight is 318 g/mol. The monoisotopic (exact) mass is 318 g/mol. The fraction of sp³-hybridized carbons (Fsp3) is 0.529. The quantitative estimate of drug-likeness (QED) is 0.739. The highest BCUT2D eigenvalue weighted by Crippen LogP contribution is 2.39. The largest absolute Gasteiger partial charge is 0.396 e. The number of morpholine rings is 1. The van der Waals surface area contributed by atoms with Crippen LogP contribution < -0.4 is 10.6 Å². The van der Waals surface area contributed by atoms with Gasteiger partial charge in [0, 0.05) is 12.0 Å². The summed E-state index contributed by atoms with van der Waals surface area (Å²) >= 11 is 0. The third-order valence-corrected chi connectivity index (χ3v) is 4.82. The van der Waals surface area contributed by atoms with E-state index in [1.165, 1.54) is 0 Å². The van der Waals surface area contributed by atoms with E-state index < -0.39 is 12.1 Å². The number of nitrogens with one attached hydrogen (secondary N) is 2. The van der Waals surface area contributed by atoms with Crippen LogP contribution in [0.15, 0.2) is 30.3 Å². The molecular formula is C17H22N2O4. The van der Waals surface area contributed by atoms with Crippen molar-refractivity contribution in [3.05, 3.63) is 35.9 Å². The maximum absolute atomic E-state index is 12.5. The molecule has 1 heterocycles. The van der Waals surface area contributed by atoms with Crippen LogP contribution in [0.25, 0.3) is 0 Å². The molecule has 1 aliphatic heterocycles. The maximum Gasteiger partial charge on any atom is 0.251 e. The minimum Gasteiger partial charge on any atom is -0.396 e. The summed E-state index contributed by atoms with van der Waals surface area (Å²) in [5, 5.41) is 15.2. The highest BCUT2D eigenvalue weighted by molar-refractivity contribution is 5.86. The van der Waals surface area contributed by atoms with Crippen molar-refractivity contribution in [2.24, 2.45) is 5.41 Å². The molecule has 1 saturated carbocycles. The number of aliphatic hydroxyl groups excluding tert-OH is 1. The number of benzene rings is 1. The zero-order valence-corrected chi connectivity index (χ0v) is 13.0. The van der Waals surface area contributed by atoms with Crippen LogP contribution in [0, 0.1) is 5.41 Å². The molecule has 0 unspecified atom stereocenters. The molecule has 6 heteroatoms.